The highest BCUT2D eigenvalue weighted by atomic mass is 35.5. The van der Waals surface area contributed by atoms with E-state index in [2.05, 4.69) is 0 Å². The minimum Gasteiger partial charge on any atom is -0.757 e. The third-order valence-electron chi connectivity index (χ3n) is 1.83. The second kappa shape index (κ2) is 4.02. The molecule has 14 heavy (non-hydrogen) atoms. The van der Waals surface area contributed by atoms with Gasteiger partial charge in [0, 0.05) is 5.70 Å². The standard InChI is InChI=1S/C9H11ClNO3/c1-3-14-8(12)9(10)6-4-5-7(2)11(9)13/h4-6H,3H2,1-2H3/q-1. The first kappa shape index (κ1) is 11.1. The molecule has 1 unspecified atom stereocenters. The summed E-state index contributed by atoms with van der Waals surface area (Å²) in [6.07, 6.45) is 4.45. The predicted molar refractivity (Wildman–Crippen MR) is 53.3 cm³/mol. The maximum Gasteiger partial charge on any atom is 0.351 e. The van der Waals surface area contributed by atoms with Gasteiger partial charge in [-0.1, -0.05) is 17.7 Å². The number of hydrogen-bond acceptors (Lipinski definition) is 4. The lowest BCUT2D eigenvalue weighted by Gasteiger charge is -2.43. The minimum atomic E-state index is -1.74. The highest BCUT2D eigenvalue weighted by Gasteiger charge is 2.38. The van der Waals surface area contributed by atoms with Gasteiger partial charge in [0.1, 0.15) is 0 Å². The fraction of sp³-hybridized carbons (Fsp3) is 0.444. The Kier molecular flexibility index (Phi) is 3.18. The van der Waals surface area contributed by atoms with Crippen molar-refractivity contribution in [3.63, 3.8) is 0 Å². The maximum absolute atomic E-state index is 11.5. The van der Waals surface area contributed by atoms with Crippen molar-refractivity contribution in [1.29, 1.82) is 0 Å². The Morgan fingerprint density at radius 2 is 2.43 bits per heavy atom. The molecule has 0 radical (unpaired) electrons. The Balaban J connectivity index is 2.90. The number of rotatable bonds is 2. The number of carbonyl (C=O) groups excluding carboxylic acids is 1. The van der Waals surface area contributed by atoms with E-state index in [9.17, 15) is 10.0 Å². The van der Waals surface area contributed by atoms with E-state index in [0.717, 1.165) is 0 Å². The van der Waals surface area contributed by atoms with Crippen LogP contribution in [0.3, 0.4) is 0 Å². The van der Waals surface area contributed by atoms with Crippen molar-refractivity contribution in [2.45, 2.75) is 18.8 Å². The molecule has 5 heteroatoms. The lowest BCUT2D eigenvalue weighted by Crippen LogP contribution is -2.46. The van der Waals surface area contributed by atoms with Crippen LogP contribution in [0, 0.1) is 5.21 Å². The summed E-state index contributed by atoms with van der Waals surface area (Å²) >= 11 is 5.86. The van der Waals surface area contributed by atoms with E-state index in [4.69, 9.17) is 16.3 Å². The van der Waals surface area contributed by atoms with Crippen molar-refractivity contribution in [2.24, 2.45) is 0 Å². The number of allylic oxidation sites excluding steroid dienone is 3. The van der Waals surface area contributed by atoms with Gasteiger partial charge in [-0.3, -0.25) is 0 Å². The molecule has 0 aromatic rings. The summed E-state index contributed by atoms with van der Waals surface area (Å²) in [7, 11) is 0. The maximum atomic E-state index is 11.5. The summed E-state index contributed by atoms with van der Waals surface area (Å²) in [6, 6.07) is 0. The van der Waals surface area contributed by atoms with Crippen LogP contribution in [0.4, 0.5) is 0 Å². The van der Waals surface area contributed by atoms with Crippen LogP contribution in [0.25, 0.3) is 0 Å². The summed E-state index contributed by atoms with van der Waals surface area (Å²) in [5.74, 6) is -0.750. The Bertz CT molecular complexity index is 300. The summed E-state index contributed by atoms with van der Waals surface area (Å²) in [6.45, 7) is 3.42. The van der Waals surface area contributed by atoms with Gasteiger partial charge in [-0.2, -0.15) is 0 Å². The molecule has 78 valence electrons. The number of hydroxylamine groups is 2. The molecule has 0 saturated carbocycles. The van der Waals surface area contributed by atoms with Crippen LogP contribution in [0.15, 0.2) is 23.9 Å². The molecule has 1 aliphatic heterocycles. The van der Waals surface area contributed by atoms with Gasteiger partial charge in [-0.05, 0) is 26.0 Å². The molecule has 0 bridgehead atoms. The van der Waals surface area contributed by atoms with Crippen molar-refractivity contribution in [1.82, 2.24) is 5.06 Å². The summed E-state index contributed by atoms with van der Waals surface area (Å²) in [5, 5.41) is 12.0. The number of nitrogens with zero attached hydrogens (tertiary/aromatic N) is 1. The second-order valence-electron chi connectivity index (χ2n) is 2.86. The second-order valence-corrected chi connectivity index (χ2v) is 3.43. The smallest absolute Gasteiger partial charge is 0.351 e. The average molecular weight is 217 g/mol. The van der Waals surface area contributed by atoms with Gasteiger partial charge in [-0.15, -0.1) is 0 Å². The molecule has 0 aliphatic carbocycles. The van der Waals surface area contributed by atoms with Crippen LogP contribution in [-0.4, -0.2) is 22.6 Å². The molecule has 0 spiro atoms. The number of ether oxygens (including phenoxy) is 1. The minimum absolute atomic E-state index is 0.192. The molecule has 0 saturated heterocycles. The van der Waals surface area contributed by atoms with E-state index in [1.165, 1.54) is 6.08 Å². The predicted octanol–water partition coefficient (Wildman–Crippen LogP) is 1.76. The quantitative estimate of drug-likeness (QED) is 0.401. The summed E-state index contributed by atoms with van der Waals surface area (Å²) in [4.78, 5) is 9.66. The molecule has 0 amide bonds. The van der Waals surface area contributed by atoms with Crippen LogP contribution in [-0.2, 0) is 9.53 Å². The van der Waals surface area contributed by atoms with Crippen LogP contribution in [0.5, 0.6) is 0 Å². The first-order chi connectivity index (χ1) is 6.52. The fourth-order valence-corrected chi connectivity index (χ4v) is 1.35. The van der Waals surface area contributed by atoms with Crippen LogP contribution in [0.2, 0.25) is 0 Å². The molecule has 0 fully saturated rings. The number of alkyl halides is 1. The van der Waals surface area contributed by atoms with Gasteiger partial charge in [0.25, 0.3) is 0 Å². The largest absolute Gasteiger partial charge is 0.757 e. The van der Waals surface area contributed by atoms with Crippen molar-refractivity contribution >= 4 is 17.6 Å². The first-order valence-electron chi connectivity index (χ1n) is 4.22. The van der Waals surface area contributed by atoms with Gasteiger partial charge in [-0.25, -0.2) is 4.79 Å². The number of esters is 1. The lowest BCUT2D eigenvalue weighted by molar-refractivity contribution is -0.148. The van der Waals surface area contributed by atoms with Gasteiger partial charge in [0.05, 0.1) is 6.61 Å². The monoisotopic (exact) mass is 216 g/mol. The summed E-state index contributed by atoms with van der Waals surface area (Å²) in [5.41, 5.74) is 0.371. The fourth-order valence-electron chi connectivity index (χ4n) is 1.09. The first-order valence-corrected chi connectivity index (χ1v) is 4.59. The van der Waals surface area contributed by atoms with Gasteiger partial charge in [0.15, 0.2) is 0 Å². The van der Waals surface area contributed by atoms with Crippen LogP contribution >= 0.6 is 11.6 Å². The molecule has 0 aromatic carbocycles. The van der Waals surface area contributed by atoms with E-state index in [0.29, 0.717) is 10.8 Å². The molecule has 1 heterocycles. The molecule has 1 aliphatic rings. The van der Waals surface area contributed by atoms with Crippen molar-refractivity contribution in [3.05, 3.63) is 29.1 Å². The van der Waals surface area contributed by atoms with E-state index < -0.39 is 11.0 Å². The van der Waals surface area contributed by atoms with Crippen LogP contribution in [0.1, 0.15) is 13.8 Å². The van der Waals surface area contributed by atoms with E-state index in [1.54, 1.807) is 26.0 Å². The number of hydrogen-bond donors (Lipinski definition) is 0. The van der Waals surface area contributed by atoms with Crippen molar-refractivity contribution < 1.29 is 9.53 Å². The molecule has 0 aromatic heterocycles. The van der Waals surface area contributed by atoms with Gasteiger partial charge in [0.2, 0.25) is 5.00 Å². The number of halogens is 1. The van der Waals surface area contributed by atoms with Crippen LogP contribution < -0.4 is 0 Å². The zero-order valence-corrected chi connectivity index (χ0v) is 8.75. The number of carbonyl (C=O) groups is 1. The third kappa shape index (κ3) is 1.76. The highest BCUT2D eigenvalue weighted by molar-refractivity contribution is 6.35. The molecular weight excluding hydrogens is 206 g/mol. The molecule has 1 atom stereocenters. The Hall–Kier alpha value is -1.00. The van der Waals surface area contributed by atoms with E-state index in [-0.39, 0.29) is 6.61 Å². The van der Waals surface area contributed by atoms with Crippen molar-refractivity contribution in [3.8, 4) is 0 Å². The molecule has 1 rings (SSSR count). The van der Waals surface area contributed by atoms with E-state index >= 15 is 0 Å². The Morgan fingerprint density at radius 1 is 1.79 bits per heavy atom. The SMILES string of the molecule is CCOC(=O)C1(Cl)C=CC=C(C)N1[O-]. The Labute approximate surface area is 87.4 Å². The topological polar surface area (TPSA) is 52.6 Å². The third-order valence-corrected chi connectivity index (χ3v) is 2.27. The van der Waals surface area contributed by atoms with Gasteiger partial charge >= 0.3 is 5.97 Å². The lowest BCUT2D eigenvalue weighted by atomic mass is 10.1. The van der Waals surface area contributed by atoms with Gasteiger partial charge < -0.3 is 15.0 Å². The zero-order valence-electron chi connectivity index (χ0n) is 7.99. The average Bonchev–Trinajstić information content (AvgIpc) is 2.14. The molecule has 4 nitrogen and oxygen atoms in total. The highest BCUT2D eigenvalue weighted by Crippen LogP contribution is 2.30. The van der Waals surface area contributed by atoms with E-state index in [1.807, 2.05) is 0 Å². The molecular formula is C9H11ClNO3-. The Morgan fingerprint density at radius 3 is 3.00 bits per heavy atom. The van der Waals surface area contributed by atoms with Crippen molar-refractivity contribution in [2.75, 3.05) is 6.61 Å². The normalized spacial score (nSPS) is 26.0. The zero-order chi connectivity index (χ0) is 10.8. The summed E-state index contributed by atoms with van der Waals surface area (Å²) < 4.78 is 4.71. The molecule has 0 N–H and O–H groups in total.